The van der Waals surface area contributed by atoms with E-state index in [0.717, 1.165) is 30.9 Å². The largest absolute Gasteiger partial charge is 0.497 e. The molecular formula is C20H26N4O2. The van der Waals surface area contributed by atoms with Crippen molar-refractivity contribution in [3.8, 4) is 5.75 Å². The highest BCUT2D eigenvalue weighted by Gasteiger charge is 2.18. The molecule has 0 fully saturated rings. The minimum atomic E-state index is -0.550. The number of ether oxygens (including phenoxy) is 1. The molecule has 138 valence electrons. The lowest BCUT2D eigenvalue weighted by Gasteiger charge is -2.30. The molecule has 0 radical (unpaired) electrons. The van der Waals surface area contributed by atoms with Crippen LogP contribution in [0.1, 0.15) is 11.1 Å². The van der Waals surface area contributed by atoms with Crippen molar-refractivity contribution in [3.63, 3.8) is 0 Å². The maximum atomic E-state index is 10.3. The van der Waals surface area contributed by atoms with Crippen LogP contribution in [0.5, 0.6) is 5.75 Å². The molecule has 1 aliphatic heterocycles. The smallest absolute Gasteiger partial charge is 0.193 e. The molecule has 1 heterocycles. The molecule has 0 aliphatic carbocycles. The zero-order valence-corrected chi connectivity index (χ0v) is 15.1. The number of nitrogens with two attached hydrogens (primary N) is 1. The van der Waals surface area contributed by atoms with Gasteiger partial charge >= 0.3 is 0 Å². The van der Waals surface area contributed by atoms with E-state index in [4.69, 9.17) is 10.5 Å². The third-order valence-electron chi connectivity index (χ3n) is 4.49. The molecule has 6 heteroatoms. The van der Waals surface area contributed by atoms with Gasteiger partial charge in [0.2, 0.25) is 0 Å². The van der Waals surface area contributed by atoms with Crippen molar-refractivity contribution in [2.75, 3.05) is 32.1 Å². The van der Waals surface area contributed by atoms with Gasteiger partial charge in [0, 0.05) is 31.4 Å². The van der Waals surface area contributed by atoms with Gasteiger partial charge in [-0.1, -0.05) is 30.3 Å². The van der Waals surface area contributed by atoms with Gasteiger partial charge in [-0.15, -0.1) is 0 Å². The summed E-state index contributed by atoms with van der Waals surface area (Å²) in [5.41, 5.74) is 9.46. The second-order valence-corrected chi connectivity index (χ2v) is 6.49. The van der Waals surface area contributed by atoms with Crippen LogP contribution in [0.25, 0.3) is 0 Å². The van der Waals surface area contributed by atoms with Crippen LogP contribution in [0.3, 0.4) is 0 Å². The lowest BCUT2D eigenvalue weighted by atomic mass is 10.00. The molecule has 26 heavy (non-hydrogen) atoms. The minimum absolute atomic E-state index is 0.265. The third-order valence-corrected chi connectivity index (χ3v) is 4.49. The van der Waals surface area contributed by atoms with Gasteiger partial charge in [-0.25, -0.2) is 0 Å². The Morgan fingerprint density at radius 2 is 2.08 bits per heavy atom. The average molecular weight is 354 g/mol. The van der Waals surface area contributed by atoms with E-state index < -0.39 is 6.10 Å². The summed E-state index contributed by atoms with van der Waals surface area (Å²) in [6.45, 7) is 2.68. The Morgan fingerprint density at radius 1 is 1.27 bits per heavy atom. The van der Waals surface area contributed by atoms with Gasteiger partial charge in [0.1, 0.15) is 5.75 Å². The predicted molar refractivity (Wildman–Crippen MR) is 105 cm³/mol. The number of fused-ring (bicyclic) bond motifs is 1. The number of nitrogens with zero attached hydrogens (tertiary/aromatic N) is 2. The van der Waals surface area contributed by atoms with Crippen LogP contribution < -0.4 is 15.8 Å². The summed E-state index contributed by atoms with van der Waals surface area (Å²) in [4.78, 5) is 6.51. The highest BCUT2D eigenvalue weighted by Crippen LogP contribution is 2.18. The third kappa shape index (κ3) is 4.97. The Morgan fingerprint density at radius 3 is 2.88 bits per heavy atom. The molecule has 1 unspecified atom stereocenters. The van der Waals surface area contributed by atoms with E-state index in [-0.39, 0.29) is 12.5 Å². The number of aliphatic imine (C=N–C) groups is 1. The second kappa shape index (κ2) is 8.69. The van der Waals surface area contributed by atoms with Crippen LogP contribution >= 0.6 is 0 Å². The van der Waals surface area contributed by atoms with E-state index in [0.29, 0.717) is 6.54 Å². The monoisotopic (exact) mass is 354 g/mol. The Balaban J connectivity index is 1.48. The normalized spacial score (nSPS) is 16.0. The molecule has 0 amide bonds. The molecule has 0 spiro atoms. The maximum Gasteiger partial charge on any atom is 0.193 e. The summed E-state index contributed by atoms with van der Waals surface area (Å²) in [5, 5.41) is 13.3. The molecule has 2 aromatic carbocycles. The highest BCUT2D eigenvalue weighted by atomic mass is 16.5. The Hall–Kier alpha value is -2.57. The van der Waals surface area contributed by atoms with Crippen molar-refractivity contribution in [2.24, 2.45) is 10.7 Å². The summed E-state index contributed by atoms with van der Waals surface area (Å²) >= 11 is 0. The van der Waals surface area contributed by atoms with Crippen molar-refractivity contribution < 1.29 is 9.84 Å². The number of rotatable bonds is 6. The van der Waals surface area contributed by atoms with Crippen LogP contribution in [0.2, 0.25) is 0 Å². The quantitative estimate of drug-likeness (QED) is 0.545. The first kappa shape index (κ1) is 18.2. The van der Waals surface area contributed by atoms with Crippen LogP contribution in [-0.2, 0) is 13.0 Å². The molecule has 4 N–H and O–H groups in total. The van der Waals surface area contributed by atoms with Crippen molar-refractivity contribution in [2.45, 2.75) is 19.1 Å². The first-order chi connectivity index (χ1) is 12.6. The zero-order chi connectivity index (χ0) is 18.4. The van der Waals surface area contributed by atoms with Gasteiger partial charge in [0.15, 0.2) is 5.96 Å². The number of aliphatic hydroxyl groups is 1. The molecule has 0 aromatic heterocycles. The van der Waals surface area contributed by atoms with Gasteiger partial charge in [-0.3, -0.25) is 9.89 Å². The second-order valence-electron chi connectivity index (χ2n) is 6.49. The Bertz CT molecular complexity index is 763. The first-order valence-corrected chi connectivity index (χ1v) is 8.82. The lowest BCUT2D eigenvalue weighted by Crippen LogP contribution is -2.38. The number of β-amino-alcohol motifs (C(OH)–C–C–N with tert-alkyl or cyclic N) is 1. The maximum absolute atomic E-state index is 10.3. The first-order valence-electron chi connectivity index (χ1n) is 8.82. The molecule has 0 saturated carbocycles. The predicted octanol–water partition coefficient (Wildman–Crippen LogP) is 1.84. The number of hydrogen-bond acceptors (Lipinski definition) is 4. The summed E-state index contributed by atoms with van der Waals surface area (Å²) in [6, 6.07) is 15.9. The van der Waals surface area contributed by atoms with Gasteiger partial charge in [0.05, 0.1) is 19.8 Å². The summed E-state index contributed by atoms with van der Waals surface area (Å²) in [5.74, 6) is 1.02. The average Bonchev–Trinajstić information content (AvgIpc) is 2.66. The molecule has 1 aliphatic rings. The van der Waals surface area contributed by atoms with E-state index in [2.05, 4.69) is 39.5 Å². The molecule has 0 saturated heterocycles. The molecule has 6 nitrogen and oxygen atoms in total. The molecule has 0 bridgehead atoms. The lowest BCUT2D eigenvalue weighted by molar-refractivity contribution is 0.112. The molecule has 2 aromatic rings. The van der Waals surface area contributed by atoms with Crippen molar-refractivity contribution in [1.82, 2.24) is 4.90 Å². The van der Waals surface area contributed by atoms with E-state index in [1.807, 2.05) is 24.3 Å². The van der Waals surface area contributed by atoms with Crippen molar-refractivity contribution >= 4 is 11.6 Å². The number of aliphatic hydroxyl groups excluding tert-OH is 1. The van der Waals surface area contributed by atoms with Gasteiger partial charge in [-0.05, 0) is 29.7 Å². The highest BCUT2D eigenvalue weighted by molar-refractivity contribution is 5.92. The van der Waals surface area contributed by atoms with Crippen LogP contribution in [0.4, 0.5) is 5.69 Å². The fraction of sp³-hybridized carbons (Fsp3) is 0.350. The van der Waals surface area contributed by atoms with E-state index in [1.165, 1.54) is 11.1 Å². The SMILES string of the molecule is COc1cccc(NC(N)=NCC(O)CN2CCc3ccccc3C2)c1. The van der Waals surface area contributed by atoms with E-state index >= 15 is 0 Å². The Labute approximate surface area is 154 Å². The van der Waals surface area contributed by atoms with Crippen LogP contribution in [0, 0.1) is 0 Å². The zero-order valence-electron chi connectivity index (χ0n) is 15.1. The van der Waals surface area contributed by atoms with Crippen LogP contribution in [0.15, 0.2) is 53.5 Å². The van der Waals surface area contributed by atoms with Gasteiger partial charge in [-0.2, -0.15) is 0 Å². The van der Waals surface area contributed by atoms with Gasteiger partial charge < -0.3 is 20.9 Å². The number of hydrogen-bond donors (Lipinski definition) is 3. The molecule has 3 rings (SSSR count). The number of nitrogens with one attached hydrogen (secondary N) is 1. The topological polar surface area (TPSA) is 83.1 Å². The number of methoxy groups -OCH3 is 1. The standard InChI is InChI=1S/C20H26N4O2/c1-26-19-8-4-7-17(11-19)23-20(21)22-12-18(25)14-24-10-9-15-5-2-3-6-16(15)13-24/h2-8,11,18,25H,9-10,12-14H2,1H3,(H3,21,22,23). The number of benzene rings is 2. The fourth-order valence-electron chi connectivity index (χ4n) is 3.16. The molecule has 1 atom stereocenters. The van der Waals surface area contributed by atoms with E-state index in [1.54, 1.807) is 7.11 Å². The van der Waals surface area contributed by atoms with Crippen LogP contribution in [-0.4, -0.2) is 48.8 Å². The molecular weight excluding hydrogens is 328 g/mol. The van der Waals surface area contributed by atoms with Crippen molar-refractivity contribution in [3.05, 3.63) is 59.7 Å². The van der Waals surface area contributed by atoms with Gasteiger partial charge in [0.25, 0.3) is 0 Å². The minimum Gasteiger partial charge on any atom is -0.497 e. The summed E-state index contributed by atoms with van der Waals surface area (Å²) in [7, 11) is 1.62. The number of anilines is 1. The summed E-state index contributed by atoms with van der Waals surface area (Å²) in [6.07, 6.45) is 0.469. The summed E-state index contributed by atoms with van der Waals surface area (Å²) < 4.78 is 5.18. The van der Waals surface area contributed by atoms with Crippen molar-refractivity contribution in [1.29, 1.82) is 0 Å². The van der Waals surface area contributed by atoms with E-state index in [9.17, 15) is 5.11 Å². The number of guanidine groups is 1. The fourth-order valence-corrected chi connectivity index (χ4v) is 3.16. The Kier molecular flexibility index (Phi) is 6.09.